The minimum Gasteiger partial charge on any atom is -0.341 e. The largest absolute Gasteiger partial charge is 0.341 e. The Balaban J connectivity index is 1.60. The quantitative estimate of drug-likeness (QED) is 0.552. The zero-order valence-electron chi connectivity index (χ0n) is 17.4. The van der Waals surface area contributed by atoms with Crippen molar-refractivity contribution in [3.8, 4) is 5.69 Å². The van der Waals surface area contributed by atoms with Crippen LogP contribution in [0.1, 0.15) is 26.2 Å². The summed E-state index contributed by atoms with van der Waals surface area (Å²) in [6, 6.07) is 19.9. The number of rotatable bonds is 6. The third-order valence-corrected chi connectivity index (χ3v) is 6.40. The number of carbonyl (C=O) groups excluding carboxylic acids is 1. The van der Waals surface area contributed by atoms with Gasteiger partial charge in [-0.15, -0.1) is 10.2 Å². The Kier molecular flexibility index (Phi) is 6.38. The molecule has 0 unspecified atom stereocenters. The smallest absolute Gasteiger partial charge is 0.240 e. The van der Waals surface area contributed by atoms with Gasteiger partial charge in [0.1, 0.15) is 0 Å². The zero-order chi connectivity index (χ0) is 20.9. The molecule has 1 fully saturated rings. The van der Waals surface area contributed by atoms with Crippen LogP contribution in [0.2, 0.25) is 0 Å². The fourth-order valence-corrected chi connectivity index (χ4v) is 4.66. The van der Waals surface area contributed by atoms with Gasteiger partial charge in [-0.1, -0.05) is 48.2 Å². The van der Waals surface area contributed by atoms with Gasteiger partial charge in [-0.05, 0) is 50.5 Å². The Morgan fingerprint density at radius 2 is 1.60 bits per heavy atom. The van der Waals surface area contributed by atoms with Crippen LogP contribution in [0.4, 0.5) is 11.6 Å². The van der Waals surface area contributed by atoms with Crippen LogP contribution < -0.4 is 9.80 Å². The number of thioether (sulfide) groups is 1. The molecule has 1 aliphatic rings. The molecule has 2 heterocycles. The minimum absolute atomic E-state index is 0.0355. The fourth-order valence-electron chi connectivity index (χ4n) is 3.70. The van der Waals surface area contributed by atoms with E-state index in [1.54, 1.807) is 4.90 Å². The van der Waals surface area contributed by atoms with E-state index in [0.29, 0.717) is 0 Å². The van der Waals surface area contributed by atoms with Crippen LogP contribution in [0, 0.1) is 0 Å². The van der Waals surface area contributed by atoms with E-state index in [9.17, 15) is 4.79 Å². The Hall–Kier alpha value is -2.80. The van der Waals surface area contributed by atoms with E-state index in [2.05, 4.69) is 31.8 Å². The van der Waals surface area contributed by atoms with Crippen LogP contribution in [0.5, 0.6) is 0 Å². The number of anilines is 2. The highest BCUT2D eigenvalue weighted by atomic mass is 32.2. The van der Waals surface area contributed by atoms with Crippen LogP contribution in [0.25, 0.3) is 5.69 Å². The summed E-state index contributed by atoms with van der Waals surface area (Å²) < 4.78 is 2.09. The predicted octanol–water partition coefficient (Wildman–Crippen LogP) is 4.40. The number of hydrogen-bond donors (Lipinski definition) is 0. The van der Waals surface area contributed by atoms with Gasteiger partial charge in [-0.2, -0.15) is 0 Å². The molecule has 1 saturated heterocycles. The summed E-state index contributed by atoms with van der Waals surface area (Å²) in [7, 11) is 1.82. The molecule has 4 rings (SSSR count). The van der Waals surface area contributed by atoms with Crippen molar-refractivity contribution in [3.05, 3.63) is 60.7 Å². The number of para-hydroxylation sites is 2. The number of amides is 1. The van der Waals surface area contributed by atoms with Gasteiger partial charge in [0.25, 0.3) is 0 Å². The number of nitrogens with zero attached hydrogens (tertiary/aromatic N) is 5. The first kappa shape index (κ1) is 20.5. The molecule has 156 valence electrons. The summed E-state index contributed by atoms with van der Waals surface area (Å²) in [4.78, 5) is 17.0. The Morgan fingerprint density at radius 1 is 0.967 bits per heavy atom. The lowest BCUT2D eigenvalue weighted by Crippen LogP contribution is -2.33. The molecule has 0 N–H and O–H groups in total. The minimum atomic E-state index is -0.295. The average Bonchev–Trinajstić information content (AvgIpc) is 3.23. The Labute approximate surface area is 181 Å². The highest BCUT2D eigenvalue weighted by Crippen LogP contribution is 2.31. The van der Waals surface area contributed by atoms with Gasteiger partial charge in [0.2, 0.25) is 11.9 Å². The summed E-state index contributed by atoms with van der Waals surface area (Å²) in [5, 5.41) is 9.46. The number of aromatic nitrogens is 3. The SMILES string of the molecule is C[C@@H](Sc1nnc(N2CCCCC2)n1-c1ccccc1)C(=O)N(C)c1ccccc1. The van der Waals surface area contributed by atoms with E-state index < -0.39 is 0 Å². The summed E-state index contributed by atoms with van der Waals surface area (Å²) in [6.45, 7) is 3.90. The van der Waals surface area contributed by atoms with E-state index in [1.165, 1.54) is 31.0 Å². The first-order chi connectivity index (χ1) is 14.6. The molecule has 0 spiro atoms. The van der Waals surface area contributed by atoms with Crippen molar-refractivity contribution < 1.29 is 4.79 Å². The molecule has 1 amide bonds. The lowest BCUT2D eigenvalue weighted by Gasteiger charge is -2.28. The standard InChI is InChI=1S/C23H27N5OS/c1-18(21(29)26(2)19-12-6-3-7-13-19)30-23-25-24-22(27-16-10-5-11-17-27)28(23)20-14-8-4-9-15-20/h3-4,6-9,12-15,18H,5,10-11,16-17H2,1-2H3/t18-/m1/s1. The molecule has 1 aliphatic heterocycles. The maximum absolute atomic E-state index is 13.0. The Morgan fingerprint density at radius 3 is 2.27 bits per heavy atom. The molecule has 0 saturated carbocycles. The van der Waals surface area contributed by atoms with Gasteiger partial charge in [0, 0.05) is 25.8 Å². The van der Waals surface area contributed by atoms with Crippen molar-refractivity contribution in [2.75, 3.05) is 29.9 Å². The molecule has 0 aliphatic carbocycles. The number of carbonyl (C=O) groups is 1. The molecule has 0 bridgehead atoms. The summed E-state index contributed by atoms with van der Waals surface area (Å²) in [6.07, 6.45) is 3.59. The van der Waals surface area contributed by atoms with Crippen molar-refractivity contribution in [2.24, 2.45) is 0 Å². The second-order valence-corrected chi connectivity index (χ2v) is 8.80. The van der Waals surface area contributed by atoms with Gasteiger partial charge in [-0.3, -0.25) is 9.36 Å². The molecule has 1 atom stereocenters. The number of hydrogen-bond acceptors (Lipinski definition) is 5. The van der Waals surface area contributed by atoms with E-state index in [1.807, 2.05) is 62.5 Å². The number of benzene rings is 2. The first-order valence-corrected chi connectivity index (χ1v) is 11.3. The van der Waals surface area contributed by atoms with Crippen LogP contribution in [-0.2, 0) is 4.79 Å². The lowest BCUT2D eigenvalue weighted by atomic mass is 10.1. The zero-order valence-corrected chi connectivity index (χ0v) is 18.3. The van der Waals surface area contributed by atoms with Crippen molar-refractivity contribution in [1.82, 2.24) is 14.8 Å². The van der Waals surface area contributed by atoms with Crippen LogP contribution in [0.15, 0.2) is 65.8 Å². The van der Waals surface area contributed by atoms with Gasteiger partial charge < -0.3 is 9.80 Å². The first-order valence-electron chi connectivity index (χ1n) is 10.4. The topological polar surface area (TPSA) is 54.3 Å². The second kappa shape index (κ2) is 9.34. The maximum Gasteiger partial charge on any atom is 0.240 e. The summed E-state index contributed by atoms with van der Waals surface area (Å²) in [5.41, 5.74) is 1.90. The molecule has 2 aromatic carbocycles. The molecule has 0 radical (unpaired) electrons. The molecule has 7 heteroatoms. The number of piperidine rings is 1. The third-order valence-electron chi connectivity index (χ3n) is 5.37. The van der Waals surface area contributed by atoms with Gasteiger partial charge in [-0.25, -0.2) is 0 Å². The van der Waals surface area contributed by atoms with Crippen LogP contribution in [0.3, 0.4) is 0 Å². The molecule has 30 heavy (non-hydrogen) atoms. The fraction of sp³-hybridized carbons (Fsp3) is 0.348. The summed E-state index contributed by atoms with van der Waals surface area (Å²) in [5.74, 6) is 0.896. The molecular weight excluding hydrogens is 394 g/mol. The predicted molar refractivity (Wildman–Crippen MR) is 123 cm³/mol. The highest BCUT2D eigenvalue weighted by Gasteiger charge is 2.26. The third kappa shape index (κ3) is 4.36. The normalized spacial score (nSPS) is 15.1. The van der Waals surface area contributed by atoms with Crippen molar-refractivity contribution in [1.29, 1.82) is 0 Å². The highest BCUT2D eigenvalue weighted by molar-refractivity contribution is 8.00. The second-order valence-electron chi connectivity index (χ2n) is 7.49. The van der Waals surface area contributed by atoms with Crippen molar-refractivity contribution >= 4 is 29.3 Å². The van der Waals surface area contributed by atoms with Crippen LogP contribution in [-0.4, -0.2) is 46.1 Å². The van der Waals surface area contributed by atoms with E-state index in [-0.39, 0.29) is 11.2 Å². The van der Waals surface area contributed by atoms with Crippen molar-refractivity contribution in [3.63, 3.8) is 0 Å². The van der Waals surface area contributed by atoms with E-state index >= 15 is 0 Å². The molecule has 6 nitrogen and oxygen atoms in total. The summed E-state index contributed by atoms with van der Waals surface area (Å²) >= 11 is 1.45. The molecule has 1 aromatic heterocycles. The van der Waals surface area contributed by atoms with E-state index in [0.717, 1.165) is 35.6 Å². The van der Waals surface area contributed by atoms with Crippen LogP contribution >= 0.6 is 11.8 Å². The Bertz CT molecular complexity index is 970. The van der Waals surface area contributed by atoms with Gasteiger partial charge in [0.15, 0.2) is 5.16 Å². The monoisotopic (exact) mass is 421 g/mol. The molecular formula is C23H27N5OS. The van der Waals surface area contributed by atoms with Gasteiger partial charge >= 0.3 is 0 Å². The lowest BCUT2D eigenvalue weighted by molar-refractivity contribution is -0.117. The van der Waals surface area contributed by atoms with Gasteiger partial charge in [0.05, 0.1) is 10.9 Å². The average molecular weight is 422 g/mol. The van der Waals surface area contributed by atoms with Crippen molar-refractivity contribution in [2.45, 2.75) is 36.6 Å². The molecule has 3 aromatic rings. The van der Waals surface area contributed by atoms with E-state index in [4.69, 9.17) is 0 Å². The maximum atomic E-state index is 13.0.